The Labute approximate surface area is 182 Å². The second-order valence-electron chi connectivity index (χ2n) is 5.86. The summed E-state index contributed by atoms with van der Waals surface area (Å²) in [6, 6.07) is 7.63. The molecule has 1 heterocycles. The fraction of sp³-hybridized carbons (Fsp3) is 0.211. The van der Waals surface area contributed by atoms with E-state index in [1.54, 1.807) is 24.3 Å². The Balaban J connectivity index is 1.68. The summed E-state index contributed by atoms with van der Waals surface area (Å²) in [5, 5.41) is 9.94. The summed E-state index contributed by atoms with van der Waals surface area (Å²) in [7, 11) is 4.54. The SMILES string of the molecule is COc1cc(-c2noc(CNC(=O)Nc3ccc(Cl)cc3Cl)n2)cc(OC)c1OC. The number of carbonyl (C=O) groups is 1. The molecule has 11 heteroatoms. The Hall–Kier alpha value is -3.17. The largest absolute Gasteiger partial charge is 0.493 e. The Morgan fingerprint density at radius 2 is 1.77 bits per heavy atom. The number of methoxy groups -OCH3 is 3. The minimum absolute atomic E-state index is 0.00840. The van der Waals surface area contributed by atoms with Crippen LogP contribution in [0.25, 0.3) is 11.4 Å². The summed E-state index contributed by atoms with van der Waals surface area (Å²) in [5.41, 5.74) is 1.01. The van der Waals surface area contributed by atoms with Crippen LogP contribution in [-0.2, 0) is 6.54 Å². The number of rotatable bonds is 7. The molecule has 0 radical (unpaired) electrons. The second kappa shape index (κ2) is 9.55. The van der Waals surface area contributed by atoms with Crippen molar-refractivity contribution in [3.05, 3.63) is 46.3 Å². The highest BCUT2D eigenvalue weighted by molar-refractivity contribution is 6.36. The lowest BCUT2D eigenvalue weighted by molar-refractivity contribution is 0.249. The van der Waals surface area contributed by atoms with Crippen molar-refractivity contribution in [1.82, 2.24) is 15.5 Å². The molecule has 0 unspecified atom stereocenters. The topological polar surface area (TPSA) is 108 Å². The molecule has 0 saturated carbocycles. The van der Waals surface area contributed by atoms with Gasteiger partial charge in [-0.1, -0.05) is 28.4 Å². The third kappa shape index (κ3) is 4.87. The number of halogens is 2. The van der Waals surface area contributed by atoms with E-state index >= 15 is 0 Å². The zero-order chi connectivity index (χ0) is 21.7. The zero-order valence-electron chi connectivity index (χ0n) is 16.3. The highest BCUT2D eigenvalue weighted by atomic mass is 35.5. The number of hydrogen-bond donors (Lipinski definition) is 2. The summed E-state index contributed by atoms with van der Waals surface area (Å²) in [6.07, 6.45) is 0. The molecule has 2 aromatic carbocycles. The standard InChI is InChI=1S/C19H18Cl2N4O5/c1-27-14-6-10(7-15(28-2)17(14)29-3)18-24-16(30-25-18)9-22-19(26)23-13-5-4-11(20)8-12(13)21/h4-8H,9H2,1-3H3,(H2,22,23,26). The number of ether oxygens (including phenoxy) is 3. The van der Waals surface area contributed by atoms with Crippen LogP contribution in [0.15, 0.2) is 34.9 Å². The van der Waals surface area contributed by atoms with Gasteiger partial charge in [0.05, 0.1) is 38.6 Å². The molecule has 158 valence electrons. The number of amides is 2. The Kier molecular flexibility index (Phi) is 6.86. The van der Waals surface area contributed by atoms with E-state index in [-0.39, 0.29) is 12.4 Å². The van der Waals surface area contributed by atoms with Gasteiger partial charge in [-0.3, -0.25) is 0 Å². The molecule has 0 aliphatic rings. The maximum Gasteiger partial charge on any atom is 0.319 e. The number of urea groups is 1. The lowest BCUT2D eigenvalue weighted by atomic mass is 10.1. The van der Waals surface area contributed by atoms with E-state index in [0.717, 1.165) is 0 Å². The summed E-state index contributed by atoms with van der Waals surface area (Å²) in [5.74, 6) is 1.86. The molecule has 0 aliphatic heterocycles. The van der Waals surface area contributed by atoms with Gasteiger partial charge in [0.15, 0.2) is 11.5 Å². The predicted molar refractivity (Wildman–Crippen MR) is 112 cm³/mol. The van der Waals surface area contributed by atoms with Gasteiger partial charge >= 0.3 is 6.03 Å². The predicted octanol–water partition coefficient (Wildman–Crippen LogP) is 4.39. The van der Waals surface area contributed by atoms with E-state index in [4.69, 9.17) is 41.9 Å². The molecular formula is C19H18Cl2N4O5. The number of nitrogens with zero attached hydrogens (tertiary/aromatic N) is 2. The highest BCUT2D eigenvalue weighted by Crippen LogP contribution is 2.40. The molecule has 0 atom stereocenters. The minimum atomic E-state index is -0.494. The summed E-state index contributed by atoms with van der Waals surface area (Å²) < 4.78 is 21.1. The average Bonchev–Trinajstić information content (AvgIpc) is 3.22. The number of hydrogen-bond acceptors (Lipinski definition) is 7. The summed E-state index contributed by atoms with van der Waals surface area (Å²) in [4.78, 5) is 16.4. The van der Waals surface area contributed by atoms with Crippen LogP contribution in [0.1, 0.15) is 5.89 Å². The molecule has 0 bridgehead atoms. The van der Waals surface area contributed by atoms with E-state index in [9.17, 15) is 4.79 Å². The lowest BCUT2D eigenvalue weighted by Gasteiger charge is -2.12. The fourth-order valence-corrected chi connectivity index (χ4v) is 3.02. The van der Waals surface area contributed by atoms with Gasteiger partial charge in [-0.15, -0.1) is 0 Å². The molecule has 0 aliphatic carbocycles. The van der Waals surface area contributed by atoms with Crippen LogP contribution in [0.4, 0.5) is 10.5 Å². The molecule has 3 rings (SSSR count). The van der Waals surface area contributed by atoms with Gasteiger partial charge in [-0.2, -0.15) is 4.98 Å². The van der Waals surface area contributed by atoms with Crippen LogP contribution in [0.5, 0.6) is 17.2 Å². The van der Waals surface area contributed by atoms with Crippen molar-refractivity contribution >= 4 is 34.9 Å². The molecule has 3 aromatic rings. The van der Waals surface area contributed by atoms with Gasteiger partial charge in [0.25, 0.3) is 0 Å². The first-order valence-electron chi connectivity index (χ1n) is 8.58. The van der Waals surface area contributed by atoms with E-state index < -0.39 is 6.03 Å². The van der Waals surface area contributed by atoms with Crippen LogP contribution in [0.2, 0.25) is 10.0 Å². The second-order valence-corrected chi connectivity index (χ2v) is 6.70. The lowest BCUT2D eigenvalue weighted by Crippen LogP contribution is -2.28. The van der Waals surface area contributed by atoms with E-state index in [2.05, 4.69) is 20.8 Å². The van der Waals surface area contributed by atoms with Crippen molar-refractivity contribution in [2.24, 2.45) is 0 Å². The third-order valence-corrected chi connectivity index (χ3v) is 4.52. The molecule has 1 aromatic heterocycles. The first-order chi connectivity index (χ1) is 14.4. The van der Waals surface area contributed by atoms with Crippen molar-refractivity contribution in [3.63, 3.8) is 0 Å². The highest BCUT2D eigenvalue weighted by Gasteiger charge is 2.17. The van der Waals surface area contributed by atoms with Gasteiger partial charge in [0.1, 0.15) is 0 Å². The van der Waals surface area contributed by atoms with Crippen LogP contribution in [0.3, 0.4) is 0 Å². The summed E-state index contributed by atoms with van der Waals surface area (Å²) in [6.45, 7) is 0.00840. The smallest absolute Gasteiger partial charge is 0.319 e. The van der Waals surface area contributed by atoms with E-state index in [1.807, 2.05) is 0 Å². The molecule has 30 heavy (non-hydrogen) atoms. The van der Waals surface area contributed by atoms with Gasteiger partial charge in [-0.05, 0) is 30.3 Å². The van der Waals surface area contributed by atoms with E-state index in [0.29, 0.717) is 44.4 Å². The van der Waals surface area contributed by atoms with Crippen molar-refractivity contribution < 1.29 is 23.5 Å². The van der Waals surface area contributed by atoms with Gasteiger partial charge < -0.3 is 29.4 Å². The first kappa shape index (κ1) is 21.5. The number of carbonyl (C=O) groups excluding carboxylic acids is 1. The van der Waals surface area contributed by atoms with Gasteiger partial charge in [-0.25, -0.2) is 4.79 Å². The van der Waals surface area contributed by atoms with Gasteiger partial charge in [0.2, 0.25) is 17.5 Å². The Bertz CT molecular complexity index is 1030. The van der Waals surface area contributed by atoms with Crippen LogP contribution < -0.4 is 24.8 Å². The molecule has 2 N–H and O–H groups in total. The minimum Gasteiger partial charge on any atom is -0.493 e. The fourth-order valence-electron chi connectivity index (χ4n) is 2.57. The Morgan fingerprint density at radius 1 is 1.07 bits per heavy atom. The van der Waals surface area contributed by atoms with Crippen LogP contribution in [-0.4, -0.2) is 37.5 Å². The van der Waals surface area contributed by atoms with Crippen molar-refractivity contribution in [2.75, 3.05) is 26.6 Å². The maximum atomic E-state index is 12.1. The normalized spacial score (nSPS) is 10.4. The van der Waals surface area contributed by atoms with Gasteiger partial charge in [0, 0.05) is 10.6 Å². The molecule has 0 spiro atoms. The van der Waals surface area contributed by atoms with Crippen molar-refractivity contribution in [2.45, 2.75) is 6.54 Å². The molecule has 0 saturated heterocycles. The first-order valence-corrected chi connectivity index (χ1v) is 9.33. The molecule has 2 amide bonds. The zero-order valence-corrected chi connectivity index (χ0v) is 17.8. The average molecular weight is 453 g/mol. The number of anilines is 1. The van der Waals surface area contributed by atoms with Crippen LogP contribution >= 0.6 is 23.2 Å². The number of nitrogens with one attached hydrogen (secondary N) is 2. The number of benzene rings is 2. The molecule has 9 nitrogen and oxygen atoms in total. The monoisotopic (exact) mass is 452 g/mol. The molecular weight excluding hydrogens is 435 g/mol. The third-order valence-electron chi connectivity index (χ3n) is 3.97. The van der Waals surface area contributed by atoms with Crippen molar-refractivity contribution in [1.29, 1.82) is 0 Å². The van der Waals surface area contributed by atoms with Crippen molar-refractivity contribution in [3.8, 4) is 28.6 Å². The summed E-state index contributed by atoms with van der Waals surface area (Å²) >= 11 is 11.9. The maximum absolute atomic E-state index is 12.1. The number of aromatic nitrogens is 2. The van der Waals surface area contributed by atoms with E-state index in [1.165, 1.54) is 27.4 Å². The quantitative estimate of drug-likeness (QED) is 0.546. The van der Waals surface area contributed by atoms with Crippen LogP contribution in [0, 0.1) is 0 Å². The molecule has 0 fully saturated rings. The Morgan fingerprint density at radius 3 is 2.37 bits per heavy atom.